The van der Waals surface area contributed by atoms with E-state index in [1.165, 1.54) is 76.2 Å². The van der Waals surface area contributed by atoms with Gasteiger partial charge >= 0.3 is 0 Å². The number of hydrogen-bond acceptors (Lipinski definition) is 1. The van der Waals surface area contributed by atoms with Gasteiger partial charge in [-0.05, 0) is 38.1 Å². The van der Waals surface area contributed by atoms with Crippen LogP contribution >= 0.6 is 15.9 Å². The summed E-state index contributed by atoms with van der Waals surface area (Å²) in [6.45, 7) is 7.36. The zero-order chi connectivity index (χ0) is 13.2. The molecular weight excluding hydrogens is 286 g/mol. The third-order valence-corrected chi connectivity index (χ3v) is 4.30. The molecule has 0 aromatic carbocycles. The fourth-order valence-electron chi connectivity index (χ4n) is 2.62. The van der Waals surface area contributed by atoms with Crippen LogP contribution in [0.4, 0.5) is 0 Å². The molecule has 0 radical (unpaired) electrons. The average Bonchev–Trinajstić information content (AvgIpc) is 3.14. The van der Waals surface area contributed by atoms with Gasteiger partial charge in [-0.2, -0.15) is 0 Å². The Labute approximate surface area is 123 Å². The number of rotatable bonds is 12. The minimum atomic E-state index is 0.829. The molecule has 1 aliphatic rings. The predicted octanol–water partition coefficient (Wildman–Crippen LogP) is 5.23. The van der Waals surface area contributed by atoms with Crippen LogP contribution in [0, 0.1) is 5.92 Å². The van der Waals surface area contributed by atoms with Crippen LogP contribution in [-0.2, 0) is 0 Å². The normalized spacial score (nSPS) is 15.8. The number of halogens is 1. The van der Waals surface area contributed by atoms with Crippen LogP contribution in [0.3, 0.4) is 0 Å². The van der Waals surface area contributed by atoms with Gasteiger partial charge in [0, 0.05) is 17.9 Å². The second-order valence-electron chi connectivity index (χ2n) is 6.28. The van der Waals surface area contributed by atoms with Gasteiger partial charge in [-0.15, -0.1) is 0 Å². The summed E-state index contributed by atoms with van der Waals surface area (Å²) in [5.41, 5.74) is 0. The van der Waals surface area contributed by atoms with E-state index >= 15 is 0 Å². The van der Waals surface area contributed by atoms with E-state index in [9.17, 15) is 0 Å². The summed E-state index contributed by atoms with van der Waals surface area (Å²) in [6.07, 6.45) is 12.9. The summed E-state index contributed by atoms with van der Waals surface area (Å²) < 4.78 is 0. The second kappa shape index (κ2) is 10.3. The predicted molar refractivity (Wildman–Crippen MR) is 85.5 cm³/mol. The minimum Gasteiger partial charge on any atom is -0.300 e. The molecule has 1 nitrogen and oxygen atoms in total. The second-order valence-corrected chi connectivity index (χ2v) is 7.08. The number of hydrogen-bond donors (Lipinski definition) is 0. The van der Waals surface area contributed by atoms with Crippen LogP contribution in [0.5, 0.6) is 0 Å². The van der Waals surface area contributed by atoms with Crippen LogP contribution in [-0.4, -0.2) is 29.4 Å². The average molecular weight is 318 g/mol. The summed E-state index contributed by atoms with van der Waals surface area (Å²) >= 11 is 3.49. The molecule has 0 N–H and O–H groups in total. The molecule has 1 rings (SSSR count). The standard InChI is InChI=1S/C16H32BrN/c1-15(2)14-18(16-10-11-16)13-9-7-5-3-4-6-8-12-17/h15-16H,3-14H2,1-2H3. The highest BCUT2D eigenvalue weighted by molar-refractivity contribution is 9.09. The summed E-state index contributed by atoms with van der Waals surface area (Å²) in [5, 5.41) is 1.18. The molecule has 1 saturated carbocycles. The molecule has 0 amide bonds. The maximum Gasteiger partial charge on any atom is 0.00965 e. The van der Waals surface area contributed by atoms with E-state index in [0.717, 1.165) is 12.0 Å². The fourth-order valence-corrected chi connectivity index (χ4v) is 3.02. The zero-order valence-electron chi connectivity index (χ0n) is 12.5. The molecule has 1 fully saturated rings. The van der Waals surface area contributed by atoms with E-state index in [1.54, 1.807) is 0 Å². The van der Waals surface area contributed by atoms with Gasteiger partial charge in [-0.1, -0.05) is 61.9 Å². The topological polar surface area (TPSA) is 3.24 Å². The Morgan fingerprint density at radius 3 is 2.00 bits per heavy atom. The Balaban J connectivity index is 1.91. The van der Waals surface area contributed by atoms with Gasteiger partial charge in [0.25, 0.3) is 0 Å². The van der Waals surface area contributed by atoms with Gasteiger partial charge in [-0.25, -0.2) is 0 Å². The molecule has 0 bridgehead atoms. The molecule has 2 heteroatoms. The van der Waals surface area contributed by atoms with Crippen molar-refractivity contribution in [1.82, 2.24) is 4.90 Å². The lowest BCUT2D eigenvalue weighted by Crippen LogP contribution is -2.30. The van der Waals surface area contributed by atoms with Crippen LogP contribution in [0.2, 0.25) is 0 Å². The Morgan fingerprint density at radius 1 is 0.944 bits per heavy atom. The van der Waals surface area contributed by atoms with Crippen LogP contribution in [0.1, 0.15) is 71.6 Å². The molecule has 0 aromatic rings. The van der Waals surface area contributed by atoms with Gasteiger partial charge < -0.3 is 4.90 Å². The maximum atomic E-state index is 3.49. The fraction of sp³-hybridized carbons (Fsp3) is 1.00. The Bertz CT molecular complexity index is 190. The highest BCUT2D eigenvalue weighted by Gasteiger charge is 2.28. The summed E-state index contributed by atoms with van der Waals surface area (Å²) in [6, 6.07) is 0.950. The molecule has 0 spiro atoms. The number of nitrogens with zero attached hydrogens (tertiary/aromatic N) is 1. The molecule has 0 saturated heterocycles. The number of alkyl halides is 1. The first-order valence-electron chi connectivity index (χ1n) is 8.04. The third kappa shape index (κ3) is 8.53. The van der Waals surface area contributed by atoms with Gasteiger partial charge in [0.15, 0.2) is 0 Å². The van der Waals surface area contributed by atoms with Gasteiger partial charge in [0.1, 0.15) is 0 Å². The first-order valence-corrected chi connectivity index (χ1v) is 9.16. The zero-order valence-corrected chi connectivity index (χ0v) is 14.1. The van der Waals surface area contributed by atoms with E-state index in [0.29, 0.717) is 0 Å². The van der Waals surface area contributed by atoms with E-state index in [4.69, 9.17) is 0 Å². The highest BCUT2D eigenvalue weighted by Crippen LogP contribution is 2.27. The minimum absolute atomic E-state index is 0.829. The molecule has 108 valence electrons. The smallest absolute Gasteiger partial charge is 0.00965 e. The molecule has 0 atom stereocenters. The van der Waals surface area contributed by atoms with Crippen molar-refractivity contribution in [2.75, 3.05) is 18.4 Å². The lowest BCUT2D eigenvalue weighted by molar-refractivity contribution is 0.229. The van der Waals surface area contributed by atoms with E-state index in [-0.39, 0.29) is 0 Å². The van der Waals surface area contributed by atoms with E-state index in [1.807, 2.05) is 0 Å². The summed E-state index contributed by atoms with van der Waals surface area (Å²) in [7, 11) is 0. The summed E-state index contributed by atoms with van der Waals surface area (Å²) in [5.74, 6) is 0.829. The lowest BCUT2D eigenvalue weighted by atomic mass is 10.1. The largest absolute Gasteiger partial charge is 0.300 e. The van der Waals surface area contributed by atoms with Crippen LogP contribution < -0.4 is 0 Å². The van der Waals surface area contributed by atoms with Gasteiger partial charge in [-0.3, -0.25) is 0 Å². The van der Waals surface area contributed by atoms with Crippen LogP contribution in [0.25, 0.3) is 0 Å². The quantitative estimate of drug-likeness (QED) is 0.352. The first kappa shape index (κ1) is 16.5. The Morgan fingerprint density at radius 2 is 1.50 bits per heavy atom. The monoisotopic (exact) mass is 317 g/mol. The molecule has 1 aliphatic carbocycles. The van der Waals surface area contributed by atoms with Crippen molar-refractivity contribution in [3.05, 3.63) is 0 Å². The third-order valence-electron chi connectivity index (χ3n) is 3.74. The Kier molecular flexibility index (Phi) is 9.40. The molecular formula is C16H32BrN. The SMILES string of the molecule is CC(C)CN(CCCCCCCCCBr)C1CC1. The molecule has 0 heterocycles. The molecule has 0 aromatic heterocycles. The maximum absolute atomic E-state index is 3.49. The Hall–Kier alpha value is 0.440. The molecule has 0 unspecified atom stereocenters. The molecule has 0 aliphatic heterocycles. The highest BCUT2D eigenvalue weighted by atomic mass is 79.9. The van der Waals surface area contributed by atoms with Crippen LogP contribution in [0.15, 0.2) is 0 Å². The van der Waals surface area contributed by atoms with Crippen molar-refractivity contribution in [2.24, 2.45) is 5.92 Å². The van der Waals surface area contributed by atoms with Crippen molar-refractivity contribution in [2.45, 2.75) is 77.7 Å². The van der Waals surface area contributed by atoms with Gasteiger partial charge in [0.2, 0.25) is 0 Å². The van der Waals surface area contributed by atoms with E-state index < -0.39 is 0 Å². The van der Waals surface area contributed by atoms with Crippen molar-refractivity contribution in [3.8, 4) is 0 Å². The lowest BCUT2D eigenvalue weighted by Gasteiger charge is -2.23. The number of unbranched alkanes of at least 4 members (excludes halogenated alkanes) is 6. The van der Waals surface area contributed by atoms with Gasteiger partial charge in [0.05, 0.1) is 0 Å². The van der Waals surface area contributed by atoms with Crippen molar-refractivity contribution in [1.29, 1.82) is 0 Å². The van der Waals surface area contributed by atoms with E-state index in [2.05, 4.69) is 34.7 Å². The first-order chi connectivity index (χ1) is 8.74. The van der Waals surface area contributed by atoms with Crippen molar-refractivity contribution < 1.29 is 0 Å². The van der Waals surface area contributed by atoms with Crippen molar-refractivity contribution in [3.63, 3.8) is 0 Å². The summed E-state index contributed by atoms with van der Waals surface area (Å²) in [4.78, 5) is 2.75. The van der Waals surface area contributed by atoms with Crippen molar-refractivity contribution >= 4 is 15.9 Å². The molecule has 18 heavy (non-hydrogen) atoms.